The number of hydrogen-bond acceptors (Lipinski definition) is 15. The molecule has 91 heavy (non-hydrogen) atoms. The van der Waals surface area contributed by atoms with Gasteiger partial charge in [-0.25, -0.2) is 0 Å². The second-order valence-electron chi connectivity index (χ2n) is 25.6. The Balaban J connectivity index is 0.000000248. The minimum Gasteiger partial charge on any atom is -0.486 e. The van der Waals surface area contributed by atoms with Crippen LogP contribution in [0.15, 0.2) is 96.6 Å². The fourth-order valence-electron chi connectivity index (χ4n) is 14.3. The summed E-state index contributed by atoms with van der Waals surface area (Å²) in [4.78, 5) is 91.4. The Morgan fingerprint density at radius 1 is 0.813 bits per heavy atom. The number of ether oxygens (including phenoxy) is 7. The van der Waals surface area contributed by atoms with Gasteiger partial charge in [-0.2, -0.15) is 0 Å². The number of benzene rings is 3. The molecule has 1 saturated heterocycles. The summed E-state index contributed by atoms with van der Waals surface area (Å²) in [6, 6.07) is 21.5. The molecule has 3 saturated carbocycles. The van der Waals surface area contributed by atoms with Gasteiger partial charge in [0.25, 0.3) is 0 Å². The minimum absolute atomic E-state index is 0.00661. The van der Waals surface area contributed by atoms with E-state index in [1.165, 1.54) is 6.92 Å². The number of Topliss-reactive ketones (excluding diaryl/α,β-unsaturated/α-hetero) is 2. The highest BCUT2D eigenvalue weighted by atomic mass is 16.7. The Morgan fingerprint density at radius 3 is 2.15 bits per heavy atom. The summed E-state index contributed by atoms with van der Waals surface area (Å²) in [7, 11) is 0. The first-order valence-electron chi connectivity index (χ1n) is 32.6. The van der Waals surface area contributed by atoms with E-state index in [1.807, 2.05) is 68.5 Å². The zero-order valence-corrected chi connectivity index (χ0v) is 54.3. The van der Waals surface area contributed by atoms with Crippen LogP contribution in [0, 0.1) is 52.3 Å². The summed E-state index contributed by atoms with van der Waals surface area (Å²) in [6.07, 6.45) is 8.98. The molecular weight excluding hydrogens is 1160 g/mol. The van der Waals surface area contributed by atoms with E-state index < -0.39 is 46.9 Å². The SMILES string of the molecule is CCCOCCOCCOCCOCCNC(=O)CCC(=O)N1Cc2ccccc2C#Cc2ccccc21.CCC[C@@H]1O[C@@H]2C[C@H]3[C@@H]4CCC5=CC(=O)C=C[C@]5(C)[C@H]4[C@@H](O)C[C@]3(C)[C@]2(C(=O)COc2ccc(NC(=O)[C@H](C)CC(=O)[C@@H](NC(C)=O)C(C)C)cc2)O1. The predicted octanol–water partition coefficient (Wildman–Crippen LogP) is 8.80. The van der Waals surface area contributed by atoms with E-state index in [-0.39, 0.29) is 90.5 Å². The highest BCUT2D eigenvalue weighted by Crippen LogP contribution is 2.70. The number of amides is 4. The van der Waals surface area contributed by atoms with Gasteiger partial charge in [-0.3, -0.25) is 33.6 Å². The lowest BCUT2D eigenvalue weighted by atomic mass is 9.46. The van der Waals surface area contributed by atoms with Gasteiger partial charge in [-0.15, -0.1) is 0 Å². The fourth-order valence-corrected chi connectivity index (χ4v) is 14.3. The summed E-state index contributed by atoms with van der Waals surface area (Å²) >= 11 is 0. The summed E-state index contributed by atoms with van der Waals surface area (Å²) in [6.45, 7) is 19.9. The first kappa shape index (κ1) is 70.0. The number of nitrogens with one attached hydrogen (secondary N) is 3. The van der Waals surface area contributed by atoms with Gasteiger partial charge in [0, 0.05) is 78.8 Å². The third kappa shape index (κ3) is 17.0. The van der Waals surface area contributed by atoms with Gasteiger partial charge < -0.3 is 59.1 Å². The maximum Gasteiger partial charge on any atom is 0.227 e. The highest BCUT2D eigenvalue weighted by molar-refractivity contribution is 6.01. The molecule has 0 bridgehead atoms. The van der Waals surface area contributed by atoms with Crippen molar-refractivity contribution in [2.75, 3.05) is 76.2 Å². The van der Waals surface area contributed by atoms with E-state index in [2.05, 4.69) is 55.5 Å². The van der Waals surface area contributed by atoms with Crippen LogP contribution < -0.4 is 25.6 Å². The predicted molar refractivity (Wildman–Crippen MR) is 343 cm³/mol. The smallest absolute Gasteiger partial charge is 0.227 e. The molecule has 19 nitrogen and oxygen atoms in total. The largest absolute Gasteiger partial charge is 0.486 e. The van der Waals surface area contributed by atoms with Crippen molar-refractivity contribution in [3.8, 4) is 17.6 Å². The zero-order chi connectivity index (χ0) is 65.3. The average Bonchev–Trinajstić information content (AvgIpc) is 1.55. The van der Waals surface area contributed by atoms with E-state index in [4.69, 9.17) is 33.2 Å². The van der Waals surface area contributed by atoms with Crippen LogP contribution in [-0.2, 0) is 68.5 Å². The van der Waals surface area contributed by atoms with E-state index in [1.54, 1.807) is 48.2 Å². The zero-order valence-electron chi connectivity index (χ0n) is 54.3. The number of ketones is 3. The summed E-state index contributed by atoms with van der Waals surface area (Å²) in [5.74, 6) is 4.88. The number of hydrogen-bond donors (Lipinski definition) is 4. The van der Waals surface area contributed by atoms with Crippen molar-refractivity contribution in [2.24, 2.45) is 40.4 Å². The number of nitrogens with zero attached hydrogens (tertiary/aromatic N) is 1. The van der Waals surface area contributed by atoms with Crippen molar-refractivity contribution in [1.29, 1.82) is 0 Å². The van der Waals surface area contributed by atoms with Crippen LogP contribution in [-0.4, -0.2) is 142 Å². The number of carbonyl (C=O) groups is 7. The van der Waals surface area contributed by atoms with Crippen molar-refractivity contribution < 1.29 is 71.8 Å². The average molecular weight is 1260 g/mol. The van der Waals surface area contributed by atoms with Crippen molar-refractivity contribution >= 4 is 52.4 Å². The van der Waals surface area contributed by atoms with Crippen LogP contribution >= 0.6 is 0 Å². The molecule has 492 valence electrons. The Hall–Kier alpha value is -6.89. The molecule has 2 aliphatic heterocycles. The number of para-hydroxylation sites is 1. The molecule has 9 rings (SSSR count). The number of fused-ring (bicyclic) bond motifs is 9. The normalized spacial score (nSPS) is 25.5. The lowest BCUT2D eigenvalue weighted by molar-refractivity contribution is -0.200. The Labute approximate surface area is 536 Å². The molecular formula is C72H94N4O15. The second kappa shape index (κ2) is 32.6. The maximum atomic E-state index is 14.6. The maximum absolute atomic E-state index is 14.6. The molecule has 0 spiro atoms. The van der Waals surface area contributed by atoms with Crippen LogP contribution in [0.1, 0.15) is 136 Å². The van der Waals surface area contributed by atoms with Gasteiger partial charge in [0.1, 0.15) is 12.4 Å². The molecule has 4 aliphatic carbocycles. The van der Waals surface area contributed by atoms with Crippen LogP contribution in [0.25, 0.3) is 0 Å². The summed E-state index contributed by atoms with van der Waals surface area (Å²) in [5, 5.41) is 20.3. The first-order chi connectivity index (χ1) is 43.7. The molecule has 3 aromatic rings. The summed E-state index contributed by atoms with van der Waals surface area (Å²) < 4.78 is 41.0. The second-order valence-corrected chi connectivity index (χ2v) is 25.6. The van der Waals surface area contributed by atoms with Crippen LogP contribution in [0.5, 0.6) is 5.75 Å². The third-order valence-corrected chi connectivity index (χ3v) is 18.8. The Kier molecular flexibility index (Phi) is 25.1. The molecule has 4 fully saturated rings. The van der Waals surface area contributed by atoms with Crippen LogP contribution in [0.3, 0.4) is 0 Å². The standard InChI is InChI=1S/C42H56N2O9.C30H38N2O6/c1-8-9-36-52-35-20-31-30-15-10-26-19-28(46)16-17-40(26,6)37(30)33(48)21-41(31,7)42(35,53-36)34(49)22-51-29-13-11-27(12-14-29)44-39(50)24(4)18-32(47)38(23(2)3)43-25(5)45;1-2-16-35-18-20-37-22-23-38-21-19-36-17-15-31-29(33)13-14-30(34)32-24-27-9-4-3-7-25(27)11-12-26-8-5-6-10-28(26)32/h11-14,16-17,19,23-24,30-31,33,35-38,48H,8-10,15,18,20-22H2,1-7H3,(H,43,45)(H,44,50);3-10H,2,13-24H2,1H3,(H,31,33)/t24-,30+,31+,33+,35-,36-,37-,38+,40+,41+,42-;/m1./s1. The fraction of sp³-hybridized carbons (Fsp3) is 0.569. The number of rotatable bonds is 30. The van der Waals surface area contributed by atoms with Crippen molar-refractivity contribution in [3.63, 3.8) is 0 Å². The van der Waals surface area contributed by atoms with Gasteiger partial charge in [0.15, 0.2) is 23.5 Å². The number of carbonyl (C=O) groups excluding carboxylic acids is 7. The van der Waals surface area contributed by atoms with E-state index >= 15 is 0 Å². The lowest BCUT2D eigenvalue weighted by Gasteiger charge is -2.59. The molecule has 4 amide bonds. The van der Waals surface area contributed by atoms with Crippen LogP contribution in [0.4, 0.5) is 11.4 Å². The van der Waals surface area contributed by atoms with Crippen molar-refractivity contribution in [1.82, 2.24) is 10.6 Å². The number of aliphatic hydroxyl groups is 1. The highest BCUT2D eigenvalue weighted by Gasteiger charge is 2.76. The molecule has 2 heterocycles. The van der Waals surface area contributed by atoms with E-state index in [0.717, 1.165) is 60.2 Å². The summed E-state index contributed by atoms with van der Waals surface area (Å²) in [5.41, 5.74) is 2.64. The first-order valence-corrected chi connectivity index (χ1v) is 32.6. The molecule has 6 aliphatic rings. The van der Waals surface area contributed by atoms with Crippen molar-refractivity contribution in [3.05, 3.63) is 113 Å². The number of allylic oxidation sites excluding steroid dienone is 4. The number of aliphatic hydroxyl groups excluding tert-OH is 1. The minimum atomic E-state index is -1.28. The molecule has 4 N–H and O–H groups in total. The molecule has 0 aromatic heterocycles. The monoisotopic (exact) mass is 1250 g/mol. The molecule has 11 atom stereocenters. The van der Waals surface area contributed by atoms with Crippen LogP contribution in [0.2, 0.25) is 0 Å². The van der Waals surface area contributed by atoms with Gasteiger partial charge in [0.2, 0.25) is 29.4 Å². The van der Waals surface area contributed by atoms with Gasteiger partial charge in [-0.05, 0) is 116 Å². The van der Waals surface area contributed by atoms with Gasteiger partial charge in [-0.1, -0.05) is 109 Å². The van der Waals surface area contributed by atoms with Gasteiger partial charge in [0.05, 0.1) is 76.7 Å². The third-order valence-electron chi connectivity index (χ3n) is 18.8. The Bertz CT molecular complexity index is 3170. The van der Waals surface area contributed by atoms with Gasteiger partial charge >= 0.3 is 0 Å². The molecule has 0 radical (unpaired) electrons. The van der Waals surface area contributed by atoms with E-state index in [9.17, 15) is 38.7 Å². The molecule has 0 unspecified atom stereocenters. The number of anilines is 2. The molecule has 19 heteroatoms. The Morgan fingerprint density at radius 2 is 1.47 bits per heavy atom. The quantitative estimate of drug-likeness (QED) is 0.0360. The van der Waals surface area contributed by atoms with Crippen molar-refractivity contribution in [2.45, 2.75) is 156 Å². The van der Waals surface area contributed by atoms with E-state index in [0.29, 0.717) is 90.0 Å². The lowest BCUT2D eigenvalue weighted by Crippen LogP contribution is -2.63. The topological polar surface area (TPSA) is 244 Å². The molecule has 3 aromatic carbocycles.